The van der Waals surface area contributed by atoms with E-state index >= 15 is 0 Å². The van der Waals surface area contributed by atoms with Crippen molar-refractivity contribution in [2.75, 3.05) is 5.73 Å². The molecule has 0 unspecified atom stereocenters. The molecule has 0 aliphatic heterocycles. The van der Waals surface area contributed by atoms with Crippen LogP contribution >= 0.6 is 11.3 Å². The van der Waals surface area contributed by atoms with Crippen molar-refractivity contribution in [2.24, 2.45) is 0 Å². The van der Waals surface area contributed by atoms with E-state index in [4.69, 9.17) is 10.8 Å². The summed E-state index contributed by atoms with van der Waals surface area (Å²) in [6.07, 6.45) is 0. The number of carboxylic acid groups (broad SMARTS) is 1. The number of aromatic carboxylic acids is 1. The molecule has 0 amide bonds. The standard InChI is InChI=1S/C9H8N2O2S/c10-8-5(9(12)13)4-6(11-8)7-2-1-3-14-7/h1-4,11H,10H2,(H,12,13). The zero-order valence-electron chi connectivity index (χ0n) is 7.15. The third kappa shape index (κ3) is 1.38. The first-order valence-corrected chi connectivity index (χ1v) is 4.82. The van der Waals surface area contributed by atoms with Gasteiger partial charge in [0.1, 0.15) is 11.4 Å². The van der Waals surface area contributed by atoms with E-state index in [1.165, 1.54) is 11.3 Å². The van der Waals surface area contributed by atoms with Crippen LogP contribution in [0.15, 0.2) is 23.6 Å². The molecule has 4 N–H and O–H groups in total. The maximum Gasteiger partial charge on any atom is 0.339 e. The number of aromatic nitrogens is 1. The summed E-state index contributed by atoms with van der Waals surface area (Å²) in [4.78, 5) is 14.5. The van der Waals surface area contributed by atoms with Crippen LogP contribution in [0.3, 0.4) is 0 Å². The summed E-state index contributed by atoms with van der Waals surface area (Å²) in [7, 11) is 0. The van der Waals surface area contributed by atoms with Gasteiger partial charge in [0.05, 0.1) is 10.6 Å². The average molecular weight is 208 g/mol. The van der Waals surface area contributed by atoms with Gasteiger partial charge in [-0.2, -0.15) is 0 Å². The zero-order valence-corrected chi connectivity index (χ0v) is 7.97. The number of nitrogen functional groups attached to an aromatic ring is 1. The second-order valence-corrected chi connectivity index (χ2v) is 3.74. The number of hydrogen-bond acceptors (Lipinski definition) is 3. The number of carboxylic acids is 1. The van der Waals surface area contributed by atoms with Crippen molar-refractivity contribution >= 4 is 23.1 Å². The predicted molar refractivity (Wildman–Crippen MR) is 55.5 cm³/mol. The molecule has 0 saturated heterocycles. The number of H-pyrrole nitrogens is 1. The second-order valence-electron chi connectivity index (χ2n) is 2.79. The first-order chi connectivity index (χ1) is 6.68. The Labute approximate surface area is 84.0 Å². The molecule has 2 aromatic rings. The number of anilines is 1. The summed E-state index contributed by atoms with van der Waals surface area (Å²) in [5.41, 5.74) is 6.38. The van der Waals surface area contributed by atoms with Crippen LogP contribution in [0.5, 0.6) is 0 Å². The molecular weight excluding hydrogens is 200 g/mol. The molecule has 72 valence electrons. The highest BCUT2D eigenvalue weighted by Crippen LogP contribution is 2.26. The maximum atomic E-state index is 10.7. The molecule has 0 aliphatic rings. The van der Waals surface area contributed by atoms with Crippen LogP contribution in [0, 0.1) is 0 Å². The van der Waals surface area contributed by atoms with Gasteiger partial charge in [0, 0.05) is 0 Å². The Hall–Kier alpha value is -1.75. The summed E-state index contributed by atoms with van der Waals surface area (Å²) >= 11 is 1.53. The van der Waals surface area contributed by atoms with Gasteiger partial charge in [-0.25, -0.2) is 4.79 Å². The van der Waals surface area contributed by atoms with Gasteiger partial charge in [0.2, 0.25) is 0 Å². The number of aromatic amines is 1. The number of nitrogens with one attached hydrogen (secondary N) is 1. The van der Waals surface area contributed by atoms with Crippen molar-refractivity contribution < 1.29 is 9.90 Å². The smallest absolute Gasteiger partial charge is 0.339 e. The summed E-state index contributed by atoms with van der Waals surface area (Å²) < 4.78 is 0. The van der Waals surface area contributed by atoms with Crippen LogP contribution in [-0.4, -0.2) is 16.1 Å². The molecule has 14 heavy (non-hydrogen) atoms. The van der Waals surface area contributed by atoms with Crippen molar-refractivity contribution in [3.8, 4) is 10.6 Å². The Kier molecular flexibility index (Phi) is 2.01. The molecule has 2 rings (SSSR count). The van der Waals surface area contributed by atoms with Crippen LogP contribution in [0.2, 0.25) is 0 Å². The van der Waals surface area contributed by atoms with E-state index in [0.29, 0.717) is 0 Å². The van der Waals surface area contributed by atoms with Crippen molar-refractivity contribution in [1.29, 1.82) is 0 Å². The molecule has 0 atom stereocenters. The minimum Gasteiger partial charge on any atom is -0.478 e. The van der Waals surface area contributed by atoms with Gasteiger partial charge in [-0.3, -0.25) is 0 Å². The Balaban J connectivity index is 2.48. The molecule has 0 aliphatic carbocycles. The average Bonchev–Trinajstić information content (AvgIpc) is 2.70. The van der Waals surface area contributed by atoms with Crippen LogP contribution in [0.4, 0.5) is 5.82 Å². The summed E-state index contributed by atoms with van der Waals surface area (Å²) in [5, 5.41) is 10.7. The van der Waals surface area contributed by atoms with Gasteiger partial charge in [0.15, 0.2) is 0 Å². The van der Waals surface area contributed by atoms with Gasteiger partial charge in [-0.05, 0) is 17.5 Å². The van der Waals surface area contributed by atoms with E-state index in [-0.39, 0.29) is 11.4 Å². The van der Waals surface area contributed by atoms with Gasteiger partial charge in [0.25, 0.3) is 0 Å². The van der Waals surface area contributed by atoms with Crippen LogP contribution in [-0.2, 0) is 0 Å². The first kappa shape index (κ1) is 8.83. The molecular formula is C9H8N2O2S. The van der Waals surface area contributed by atoms with E-state index in [9.17, 15) is 4.79 Å². The SMILES string of the molecule is Nc1[nH]c(-c2cccs2)cc1C(=O)O. The quantitative estimate of drug-likeness (QED) is 0.706. The number of hydrogen-bond donors (Lipinski definition) is 3. The van der Waals surface area contributed by atoms with Gasteiger partial charge < -0.3 is 15.8 Å². The van der Waals surface area contributed by atoms with Crippen LogP contribution in [0.25, 0.3) is 10.6 Å². The summed E-state index contributed by atoms with van der Waals surface area (Å²) in [5.74, 6) is -0.817. The minimum absolute atomic E-state index is 0.119. The molecule has 0 fully saturated rings. The number of rotatable bonds is 2. The van der Waals surface area contributed by atoms with E-state index in [1.807, 2.05) is 17.5 Å². The van der Waals surface area contributed by atoms with Crippen molar-refractivity contribution in [3.63, 3.8) is 0 Å². The van der Waals surface area contributed by atoms with Gasteiger partial charge >= 0.3 is 5.97 Å². The third-order valence-electron chi connectivity index (χ3n) is 1.87. The Bertz CT molecular complexity index is 459. The fourth-order valence-corrected chi connectivity index (χ4v) is 1.91. The number of thiophene rings is 1. The highest BCUT2D eigenvalue weighted by Gasteiger charge is 2.12. The van der Waals surface area contributed by atoms with E-state index in [2.05, 4.69) is 4.98 Å². The highest BCUT2D eigenvalue weighted by atomic mass is 32.1. The molecule has 2 aromatic heterocycles. The molecule has 0 radical (unpaired) electrons. The van der Waals surface area contributed by atoms with Crippen molar-refractivity contribution in [1.82, 2.24) is 4.98 Å². The predicted octanol–water partition coefficient (Wildman–Crippen LogP) is 2.02. The lowest BCUT2D eigenvalue weighted by atomic mass is 10.3. The summed E-state index contributed by atoms with van der Waals surface area (Å²) in [6.45, 7) is 0. The Morgan fingerprint density at radius 2 is 2.36 bits per heavy atom. The van der Waals surface area contributed by atoms with Crippen molar-refractivity contribution in [3.05, 3.63) is 29.1 Å². The lowest BCUT2D eigenvalue weighted by Crippen LogP contribution is -1.98. The Morgan fingerprint density at radius 1 is 1.57 bits per heavy atom. The molecule has 0 saturated carbocycles. The summed E-state index contributed by atoms with van der Waals surface area (Å²) in [6, 6.07) is 5.35. The lowest BCUT2D eigenvalue weighted by molar-refractivity contribution is 0.0698. The van der Waals surface area contributed by atoms with E-state index in [0.717, 1.165) is 10.6 Å². The monoisotopic (exact) mass is 208 g/mol. The van der Waals surface area contributed by atoms with E-state index in [1.54, 1.807) is 6.07 Å². The largest absolute Gasteiger partial charge is 0.478 e. The minimum atomic E-state index is -1.01. The number of carbonyl (C=O) groups is 1. The van der Waals surface area contributed by atoms with Crippen LogP contribution in [0.1, 0.15) is 10.4 Å². The Morgan fingerprint density at radius 3 is 2.86 bits per heavy atom. The molecule has 2 heterocycles. The molecule has 0 spiro atoms. The topological polar surface area (TPSA) is 79.1 Å². The van der Waals surface area contributed by atoms with Crippen molar-refractivity contribution in [2.45, 2.75) is 0 Å². The normalized spacial score (nSPS) is 10.3. The fourth-order valence-electron chi connectivity index (χ4n) is 1.21. The second kappa shape index (κ2) is 3.19. The molecule has 4 nitrogen and oxygen atoms in total. The lowest BCUT2D eigenvalue weighted by Gasteiger charge is -1.88. The van der Waals surface area contributed by atoms with Crippen LogP contribution < -0.4 is 5.73 Å². The van der Waals surface area contributed by atoms with E-state index < -0.39 is 5.97 Å². The molecule has 0 bridgehead atoms. The van der Waals surface area contributed by atoms with Gasteiger partial charge in [-0.1, -0.05) is 6.07 Å². The number of nitrogens with two attached hydrogens (primary N) is 1. The third-order valence-corrected chi connectivity index (χ3v) is 2.77. The first-order valence-electron chi connectivity index (χ1n) is 3.94. The zero-order chi connectivity index (χ0) is 10.1. The molecule has 5 heteroatoms. The fraction of sp³-hybridized carbons (Fsp3) is 0. The molecule has 0 aromatic carbocycles. The highest BCUT2D eigenvalue weighted by molar-refractivity contribution is 7.13. The van der Waals surface area contributed by atoms with Gasteiger partial charge in [-0.15, -0.1) is 11.3 Å². The maximum absolute atomic E-state index is 10.7.